The predicted molar refractivity (Wildman–Crippen MR) is 81.9 cm³/mol. The number of nitrogen functional groups attached to an aromatic ring is 1. The van der Waals surface area contributed by atoms with Crippen molar-refractivity contribution in [3.63, 3.8) is 0 Å². The Morgan fingerprint density at radius 3 is 2.90 bits per heavy atom. The zero-order chi connectivity index (χ0) is 15.0. The molecule has 106 valence electrons. The van der Waals surface area contributed by atoms with E-state index in [0.29, 0.717) is 30.2 Å². The first-order valence-corrected chi connectivity index (χ1v) is 7.05. The van der Waals surface area contributed by atoms with E-state index >= 15 is 0 Å². The van der Waals surface area contributed by atoms with E-state index in [1.807, 2.05) is 25.1 Å². The van der Waals surface area contributed by atoms with Crippen molar-refractivity contribution in [3.8, 4) is 17.2 Å². The van der Waals surface area contributed by atoms with Crippen molar-refractivity contribution in [2.75, 3.05) is 12.3 Å². The summed E-state index contributed by atoms with van der Waals surface area (Å²) >= 11 is 6.38. The molecule has 0 saturated carbocycles. The lowest BCUT2D eigenvalue weighted by atomic mass is 9.90. The van der Waals surface area contributed by atoms with Crippen molar-refractivity contribution in [1.82, 2.24) is 4.98 Å². The van der Waals surface area contributed by atoms with E-state index in [2.05, 4.69) is 11.1 Å². The zero-order valence-corrected chi connectivity index (χ0v) is 12.4. The Morgan fingerprint density at radius 2 is 2.19 bits per heavy atom. The summed E-state index contributed by atoms with van der Waals surface area (Å²) < 4.78 is 5.54. The summed E-state index contributed by atoms with van der Waals surface area (Å²) in [5.74, 6) is 0.257. The fourth-order valence-corrected chi connectivity index (χ4v) is 3.05. The standard InChI is InChI=1S/C16H14ClN3O/c1-9-3-2-4-12(17)14(9)15-10(7-18)16(19)20-13-5-6-21-8-11(13)15/h2-4H,5-6,8H2,1H3,(H2,19,20). The van der Waals surface area contributed by atoms with Crippen LogP contribution in [-0.2, 0) is 17.8 Å². The number of aromatic nitrogens is 1. The second kappa shape index (κ2) is 5.36. The van der Waals surface area contributed by atoms with Gasteiger partial charge < -0.3 is 10.5 Å². The van der Waals surface area contributed by atoms with Gasteiger partial charge in [-0.2, -0.15) is 5.26 Å². The fraction of sp³-hybridized carbons (Fsp3) is 0.250. The molecule has 3 rings (SSSR count). The van der Waals surface area contributed by atoms with Gasteiger partial charge in [0.2, 0.25) is 0 Å². The first-order chi connectivity index (χ1) is 10.1. The molecule has 1 aliphatic heterocycles. The highest BCUT2D eigenvalue weighted by atomic mass is 35.5. The van der Waals surface area contributed by atoms with Crippen molar-refractivity contribution < 1.29 is 4.74 Å². The number of pyridine rings is 1. The van der Waals surface area contributed by atoms with Gasteiger partial charge in [0, 0.05) is 28.1 Å². The molecular formula is C16H14ClN3O. The molecule has 2 heterocycles. The number of fused-ring (bicyclic) bond motifs is 1. The minimum atomic E-state index is 0.257. The van der Waals surface area contributed by atoms with Crippen molar-refractivity contribution >= 4 is 17.4 Å². The van der Waals surface area contributed by atoms with E-state index in [9.17, 15) is 5.26 Å². The monoisotopic (exact) mass is 299 g/mol. The molecule has 0 saturated heterocycles. The molecule has 0 amide bonds. The lowest BCUT2D eigenvalue weighted by Gasteiger charge is -2.22. The number of halogens is 1. The van der Waals surface area contributed by atoms with Gasteiger partial charge in [-0.1, -0.05) is 23.7 Å². The highest BCUT2D eigenvalue weighted by Gasteiger charge is 2.24. The van der Waals surface area contributed by atoms with Crippen molar-refractivity contribution in [3.05, 3.63) is 45.6 Å². The molecule has 0 aliphatic carbocycles. The van der Waals surface area contributed by atoms with Crippen LogP contribution in [0.15, 0.2) is 18.2 Å². The minimum absolute atomic E-state index is 0.257. The molecule has 0 spiro atoms. The molecule has 5 heteroatoms. The molecule has 1 aromatic carbocycles. The maximum absolute atomic E-state index is 9.49. The first kappa shape index (κ1) is 13.9. The number of benzene rings is 1. The minimum Gasteiger partial charge on any atom is -0.383 e. The SMILES string of the molecule is Cc1cccc(Cl)c1-c1c(C#N)c(N)nc2c1COCC2. The van der Waals surface area contributed by atoms with Crippen LogP contribution in [0.3, 0.4) is 0 Å². The smallest absolute Gasteiger partial charge is 0.142 e. The second-order valence-electron chi connectivity index (χ2n) is 5.02. The van der Waals surface area contributed by atoms with Gasteiger partial charge >= 0.3 is 0 Å². The molecule has 2 aromatic rings. The molecule has 1 aliphatic rings. The first-order valence-electron chi connectivity index (χ1n) is 6.68. The van der Waals surface area contributed by atoms with Crippen LogP contribution < -0.4 is 5.73 Å². The summed E-state index contributed by atoms with van der Waals surface area (Å²) in [4.78, 5) is 4.36. The van der Waals surface area contributed by atoms with Gasteiger partial charge in [-0.05, 0) is 18.6 Å². The molecule has 21 heavy (non-hydrogen) atoms. The van der Waals surface area contributed by atoms with Crippen LogP contribution in [0.4, 0.5) is 5.82 Å². The summed E-state index contributed by atoms with van der Waals surface area (Å²) in [6.45, 7) is 3.01. The molecule has 0 fully saturated rings. The summed E-state index contributed by atoms with van der Waals surface area (Å²) in [7, 11) is 0. The average molecular weight is 300 g/mol. The zero-order valence-electron chi connectivity index (χ0n) is 11.6. The molecule has 0 bridgehead atoms. The Morgan fingerprint density at radius 1 is 1.38 bits per heavy atom. The van der Waals surface area contributed by atoms with Crippen molar-refractivity contribution in [2.24, 2.45) is 0 Å². The maximum atomic E-state index is 9.49. The third-order valence-corrected chi connectivity index (χ3v) is 4.04. The Balaban J connectivity index is 2.41. The van der Waals surface area contributed by atoms with Crippen LogP contribution in [0.1, 0.15) is 22.4 Å². The summed E-state index contributed by atoms with van der Waals surface area (Å²) in [5, 5.41) is 10.1. The normalized spacial score (nSPS) is 13.6. The Labute approximate surface area is 128 Å². The lowest BCUT2D eigenvalue weighted by Crippen LogP contribution is -2.16. The average Bonchev–Trinajstić information content (AvgIpc) is 2.46. The van der Waals surface area contributed by atoms with E-state index in [0.717, 1.165) is 27.9 Å². The number of ether oxygens (including phenoxy) is 1. The van der Waals surface area contributed by atoms with E-state index in [1.54, 1.807) is 0 Å². The van der Waals surface area contributed by atoms with E-state index in [1.165, 1.54) is 0 Å². The topological polar surface area (TPSA) is 71.9 Å². The Bertz CT molecular complexity index is 745. The quantitative estimate of drug-likeness (QED) is 0.877. The number of nitrogens with zero attached hydrogens (tertiary/aromatic N) is 2. The number of hydrogen-bond acceptors (Lipinski definition) is 4. The molecule has 1 aromatic heterocycles. The molecule has 0 radical (unpaired) electrons. The van der Waals surface area contributed by atoms with Crippen LogP contribution in [0.25, 0.3) is 11.1 Å². The largest absolute Gasteiger partial charge is 0.383 e. The van der Waals surface area contributed by atoms with Crippen molar-refractivity contribution in [2.45, 2.75) is 20.0 Å². The van der Waals surface area contributed by atoms with Crippen LogP contribution in [0.2, 0.25) is 5.02 Å². The summed E-state index contributed by atoms with van der Waals surface area (Å²) in [6.07, 6.45) is 0.696. The van der Waals surface area contributed by atoms with Gasteiger partial charge in [0.1, 0.15) is 17.5 Å². The summed E-state index contributed by atoms with van der Waals surface area (Å²) in [6, 6.07) is 7.84. The van der Waals surface area contributed by atoms with Crippen LogP contribution in [0.5, 0.6) is 0 Å². The molecule has 0 unspecified atom stereocenters. The number of nitriles is 1. The predicted octanol–water partition coefficient (Wildman–Crippen LogP) is 3.24. The van der Waals surface area contributed by atoms with E-state index in [4.69, 9.17) is 22.1 Å². The van der Waals surface area contributed by atoms with Crippen LogP contribution in [-0.4, -0.2) is 11.6 Å². The molecule has 2 N–H and O–H groups in total. The second-order valence-corrected chi connectivity index (χ2v) is 5.43. The number of aryl methyl sites for hydroxylation is 1. The lowest BCUT2D eigenvalue weighted by molar-refractivity contribution is 0.109. The van der Waals surface area contributed by atoms with Crippen LogP contribution >= 0.6 is 11.6 Å². The third kappa shape index (κ3) is 2.25. The fourth-order valence-electron chi connectivity index (χ4n) is 2.73. The van der Waals surface area contributed by atoms with Crippen LogP contribution in [0, 0.1) is 18.3 Å². The van der Waals surface area contributed by atoms with Gasteiger partial charge in [-0.25, -0.2) is 4.98 Å². The number of rotatable bonds is 1. The van der Waals surface area contributed by atoms with Gasteiger partial charge in [-0.3, -0.25) is 0 Å². The third-order valence-electron chi connectivity index (χ3n) is 3.73. The van der Waals surface area contributed by atoms with Gasteiger partial charge in [0.15, 0.2) is 0 Å². The molecule has 0 atom stereocenters. The number of nitrogens with two attached hydrogens (primary N) is 1. The highest BCUT2D eigenvalue weighted by molar-refractivity contribution is 6.33. The number of anilines is 1. The van der Waals surface area contributed by atoms with Crippen molar-refractivity contribution in [1.29, 1.82) is 5.26 Å². The Hall–Kier alpha value is -2.09. The van der Waals surface area contributed by atoms with E-state index < -0.39 is 0 Å². The molecular weight excluding hydrogens is 286 g/mol. The van der Waals surface area contributed by atoms with Gasteiger partial charge in [0.25, 0.3) is 0 Å². The van der Waals surface area contributed by atoms with Gasteiger partial charge in [0.05, 0.1) is 18.9 Å². The van der Waals surface area contributed by atoms with Gasteiger partial charge in [-0.15, -0.1) is 0 Å². The number of hydrogen-bond donors (Lipinski definition) is 1. The maximum Gasteiger partial charge on any atom is 0.142 e. The van der Waals surface area contributed by atoms with E-state index in [-0.39, 0.29) is 5.82 Å². The highest BCUT2D eigenvalue weighted by Crippen LogP contribution is 2.39. The Kier molecular flexibility index (Phi) is 3.54. The summed E-state index contributed by atoms with van der Waals surface area (Å²) in [5.41, 5.74) is 10.8. The molecule has 4 nitrogen and oxygen atoms in total.